The Morgan fingerprint density at radius 1 is 1.27 bits per heavy atom. The van der Waals surface area contributed by atoms with Crippen LogP contribution in [0.3, 0.4) is 0 Å². The molecule has 0 amide bonds. The van der Waals surface area contributed by atoms with Crippen molar-refractivity contribution in [2.45, 2.75) is 25.7 Å². The van der Waals surface area contributed by atoms with Crippen molar-refractivity contribution >= 4 is 5.65 Å². The summed E-state index contributed by atoms with van der Waals surface area (Å²) < 4.78 is 1.83. The lowest BCUT2D eigenvalue weighted by molar-refractivity contribution is 0.640. The van der Waals surface area contributed by atoms with Crippen molar-refractivity contribution in [3.05, 3.63) is 29.2 Å². The van der Waals surface area contributed by atoms with Gasteiger partial charge in [0.25, 0.3) is 0 Å². The molecule has 1 aliphatic carbocycles. The zero-order valence-electron chi connectivity index (χ0n) is 8.27. The quantitative estimate of drug-likeness (QED) is 0.644. The molecular weight excluding hydrogens is 188 g/mol. The maximum Gasteiger partial charge on any atom is 0.173 e. The number of hydrogen-bond donors (Lipinski definition) is 0. The van der Waals surface area contributed by atoms with Gasteiger partial charge in [-0.3, -0.25) is 0 Å². The van der Waals surface area contributed by atoms with Crippen LogP contribution in [0.4, 0.5) is 0 Å². The Balaban J connectivity index is 2.34. The van der Waals surface area contributed by atoms with Gasteiger partial charge in [-0.05, 0) is 31.2 Å². The molecule has 0 bridgehead atoms. The minimum Gasteiger partial charge on any atom is -0.236 e. The lowest BCUT2D eigenvalue weighted by Gasteiger charge is -2.15. The van der Waals surface area contributed by atoms with Crippen molar-refractivity contribution in [1.29, 1.82) is 5.26 Å². The Kier molecular flexibility index (Phi) is 1.72. The molecular formula is C11H10N4. The van der Waals surface area contributed by atoms with Crippen LogP contribution in [0.2, 0.25) is 0 Å². The minimum absolute atomic E-state index is 0.559. The third-order valence-electron chi connectivity index (χ3n) is 2.94. The fraction of sp³-hybridized carbons (Fsp3) is 0.364. The van der Waals surface area contributed by atoms with Crippen LogP contribution in [-0.2, 0) is 12.8 Å². The zero-order chi connectivity index (χ0) is 10.3. The van der Waals surface area contributed by atoms with E-state index in [0.717, 1.165) is 12.8 Å². The number of hydrogen-bond acceptors (Lipinski definition) is 3. The maximum atomic E-state index is 8.89. The molecule has 0 aromatic carbocycles. The monoisotopic (exact) mass is 198 g/mol. The third-order valence-corrected chi connectivity index (χ3v) is 2.94. The second kappa shape index (κ2) is 3.06. The Bertz CT molecular complexity index is 562. The SMILES string of the molecule is N#Cc1cnn2c3c(cnc12)CCCC3. The van der Waals surface area contributed by atoms with E-state index in [1.807, 2.05) is 10.7 Å². The van der Waals surface area contributed by atoms with Gasteiger partial charge in [-0.1, -0.05) is 0 Å². The van der Waals surface area contributed by atoms with Crippen LogP contribution in [0, 0.1) is 11.3 Å². The number of aromatic nitrogens is 3. The first-order chi connectivity index (χ1) is 7.40. The standard InChI is InChI=1S/C11H10N4/c12-5-9-7-14-15-10-4-2-1-3-8(10)6-13-11(9)15/h6-7H,1-4H2. The molecule has 0 saturated carbocycles. The molecule has 0 fully saturated rings. The highest BCUT2D eigenvalue weighted by Crippen LogP contribution is 2.21. The van der Waals surface area contributed by atoms with Crippen molar-refractivity contribution in [2.75, 3.05) is 0 Å². The third kappa shape index (κ3) is 1.13. The van der Waals surface area contributed by atoms with E-state index in [1.54, 1.807) is 6.20 Å². The molecule has 3 rings (SSSR count). The first-order valence-corrected chi connectivity index (χ1v) is 5.15. The van der Waals surface area contributed by atoms with Gasteiger partial charge in [0.05, 0.1) is 6.20 Å². The van der Waals surface area contributed by atoms with Crippen LogP contribution in [0.1, 0.15) is 29.7 Å². The summed E-state index contributed by atoms with van der Waals surface area (Å²) >= 11 is 0. The predicted octanol–water partition coefficient (Wildman–Crippen LogP) is 1.48. The van der Waals surface area contributed by atoms with E-state index in [4.69, 9.17) is 5.26 Å². The zero-order valence-corrected chi connectivity index (χ0v) is 8.27. The summed E-state index contributed by atoms with van der Waals surface area (Å²) in [5, 5.41) is 13.1. The average Bonchev–Trinajstić information content (AvgIpc) is 2.72. The smallest absolute Gasteiger partial charge is 0.173 e. The summed E-state index contributed by atoms with van der Waals surface area (Å²) in [6.07, 6.45) is 8.05. The molecule has 2 heterocycles. The van der Waals surface area contributed by atoms with E-state index in [1.165, 1.54) is 24.1 Å². The first kappa shape index (κ1) is 8.42. The number of nitriles is 1. The van der Waals surface area contributed by atoms with Crippen LogP contribution in [-0.4, -0.2) is 14.6 Å². The van der Waals surface area contributed by atoms with Gasteiger partial charge in [0.1, 0.15) is 11.6 Å². The normalized spacial score (nSPS) is 14.9. The van der Waals surface area contributed by atoms with Crippen LogP contribution >= 0.6 is 0 Å². The Morgan fingerprint density at radius 2 is 2.13 bits per heavy atom. The van der Waals surface area contributed by atoms with Crippen LogP contribution in [0.5, 0.6) is 0 Å². The highest BCUT2D eigenvalue weighted by atomic mass is 15.3. The van der Waals surface area contributed by atoms with E-state index in [2.05, 4.69) is 16.2 Å². The van der Waals surface area contributed by atoms with Crippen molar-refractivity contribution in [3.63, 3.8) is 0 Å². The second-order valence-electron chi connectivity index (χ2n) is 3.84. The Hall–Kier alpha value is -1.89. The van der Waals surface area contributed by atoms with Gasteiger partial charge in [-0.25, -0.2) is 9.50 Å². The van der Waals surface area contributed by atoms with Gasteiger partial charge >= 0.3 is 0 Å². The average molecular weight is 198 g/mol. The van der Waals surface area contributed by atoms with Crippen LogP contribution < -0.4 is 0 Å². The first-order valence-electron chi connectivity index (χ1n) is 5.15. The molecule has 4 nitrogen and oxygen atoms in total. The van der Waals surface area contributed by atoms with Crippen molar-refractivity contribution in [3.8, 4) is 6.07 Å². The summed E-state index contributed by atoms with van der Waals surface area (Å²) in [5.41, 5.74) is 3.76. The number of fused-ring (bicyclic) bond motifs is 3. The van der Waals surface area contributed by atoms with Crippen LogP contribution in [0.15, 0.2) is 12.4 Å². The molecule has 15 heavy (non-hydrogen) atoms. The number of aryl methyl sites for hydroxylation is 2. The largest absolute Gasteiger partial charge is 0.236 e. The molecule has 4 heteroatoms. The van der Waals surface area contributed by atoms with Gasteiger partial charge in [-0.2, -0.15) is 10.4 Å². The lowest BCUT2D eigenvalue weighted by Crippen LogP contribution is -2.10. The van der Waals surface area contributed by atoms with Gasteiger partial charge < -0.3 is 0 Å². The molecule has 0 unspecified atom stereocenters. The molecule has 0 radical (unpaired) electrons. The molecule has 2 aromatic heterocycles. The molecule has 0 atom stereocenters. The molecule has 74 valence electrons. The summed E-state index contributed by atoms with van der Waals surface area (Å²) in [7, 11) is 0. The molecule has 0 aliphatic heterocycles. The van der Waals surface area contributed by atoms with Crippen molar-refractivity contribution in [1.82, 2.24) is 14.6 Å². The number of rotatable bonds is 0. The summed E-state index contributed by atoms with van der Waals surface area (Å²) in [6.45, 7) is 0. The second-order valence-corrected chi connectivity index (χ2v) is 3.84. The van der Waals surface area contributed by atoms with Crippen LogP contribution in [0.25, 0.3) is 5.65 Å². The molecule has 0 N–H and O–H groups in total. The Morgan fingerprint density at radius 3 is 3.00 bits per heavy atom. The van der Waals surface area contributed by atoms with E-state index >= 15 is 0 Å². The summed E-state index contributed by atoms with van der Waals surface area (Å²) in [5.74, 6) is 0. The Labute approximate surface area is 87.2 Å². The molecule has 2 aromatic rings. The highest BCUT2D eigenvalue weighted by Gasteiger charge is 2.15. The van der Waals surface area contributed by atoms with E-state index in [9.17, 15) is 0 Å². The molecule has 0 spiro atoms. The fourth-order valence-electron chi connectivity index (χ4n) is 2.18. The number of nitrogens with zero attached hydrogens (tertiary/aromatic N) is 4. The van der Waals surface area contributed by atoms with Gasteiger partial charge in [-0.15, -0.1) is 0 Å². The predicted molar refractivity (Wildman–Crippen MR) is 54.3 cm³/mol. The molecule has 1 aliphatic rings. The van der Waals surface area contributed by atoms with E-state index in [0.29, 0.717) is 11.2 Å². The van der Waals surface area contributed by atoms with Crippen molar-refractivity contribution in [2.24, 2.45) is 0 Å². The van der Waals surface area contributed by atoms with Gasteiger partial charge in [0.15, 0.2) is 5.65 Å². The lowest BCUT2D eigenvalue weighted by atomic mass is 9.97. The summed E-state index contributed by atoms with van der Waals surface area (Å²) in [6, 6.07) is 2.11. The molecule has 0 saturated heterocycles. The maximum absolute atomic E-state index is 8.89. The van der Waals surface area contributed by atoms with Crippen molar-refractivity contribution < 1.29 is 0 Å². The fourth-order valence-corrected chi connectivity index (χ4v) is 2.18. The van der Waals surface area contributed by atoms with E-state index in [-0.39, 0.29) is 0 Å². The topological polar surface area (TPSA) is 54.0 Å². The van der Waals surface area contributed by atoms with E-state index < -0.39 is 0 Å². The van der Waals surface area contributed by atoms with Gasteiger partial charge in [0.2, 0.25) is 0 Å². The minimum atomic E-state index is 0.559. The summed E-state index contributed by atoms with van der Waals surface area (Å²) in [4.78, 5) is 4.30. The highest BCUT2D eigenvalue weighted by molar-refractivity contribution is 5.54. The van der Waals surface area contributed by atoms with Gasteiger partial charge in [0, 0.05) is 11.9 Å².